The van der Waals surface area contributed by atoms with Gasteiger partial charge in [0, 0.05) is 0 Å². The molecule has 6 heteroatoms. The van der Waals surface area contributed by atoms with Gasteiger partial charge in [0.1, 0.15) is 5.76 Å². The first-order valence-electron chi connectivity index (χ1n) is 3.92. The lowest BCUT2D eigenvalue weighted by atomic mass is 10.00. The number of hydrogen-bond donors (Lipinski definition) is 2. The lowest BCUT2D eigenvalue weighted by Crippen LogP contribution is -2.40. The highest BCUT2D eigenvalue weighted by molar-refractivity contribution is 9.10. The monoisotopic (exact) mass is 258 g/mol. The fourth-order valence-electron chi connectivity index (χ4n) is 1.30. The fourth-order valence-corrected chi connectivity index (χ4v) is 1.61. The Kier molecular flexibility index (Phi) is 1.88. The molecule has 0 aromatic carbocycles. The van der Waals surface area contributed by atoms with Gasteiger partial charge in [-0.05, 0) is 35.0 Å². The van der Waals surface area contributed by atoms with Gasteiger partial charge in [-0.2, -0.15) is 0 Å². The topological polar surface area (TPSA) is 71.3 Å². The summed E-state index contributed by atoms with van der Waals surface area (Å²) in [4.78, 5) is 22.4. The molecule has 1 fully saturated rings. The molecule has 74 valence electrons. The average molecular weight is 259 g/mol. The Morgan fingerprint density at radius 1 is 1.43 bits per heavy atom. The largest absolute Gasteiger partial charge is 0.451 e. The van der Waals surface area contributed by atoms with Gasteiger partial charge in [-0.1, -0.05) is 0 Å². The van der Waals surface area contributed by atoms with E-state index in [9.17, 15) is 9.59 Å². The van der Waals surface area contributed by atoms with Crippen LogP contribution in [0.15, 0.2) is 21.2 Å². The smallest absolute Gasteiger partial charge is 0.322 e. The first-order valence-corrected chi connectivity index (χ1v) is 4.71. The van der Waals surface area contributed by atoms with Crippen LogP contribution < -0.4 is 10.6 Å². The molecule has 2 rings (SSSR count). The normalized spacial score (nSPS) is 26.1. The van der Waals surface area contributed by atoms with E-state index in [2.05, 4.69) is 26.6 Å². The van der Waals surface area contributed by atoms with Gasteiger partial charge in [0.05, 0.1) is 0 Å². The minimum Gasteiger partial charge on any atom is -0.451 e. The first kappa shape index (κ1) is 9.26. The maximum absolute atomic E-state index is 11.4. The maximum atomic E-state index is 11.4. The number of rotatable bonds is 1. The Morgan fingerprint density at radius 2 is 2.14 bits per heavy atom. The summed E-state index contributed by atoms with van der Waals surface area (Å²) in [5.41, 5.74) is -1.11. The number of amides is 3. The van der Waals surface area contributed by atoms with Crippen molar-refractivity contribution in [2.45, 2.75) is 12.5 Å². The van der Waals surface area contributed by atoms with Gasteiger partial charge < -0.3 is 9.73 Å². The fraction of sp³-hybridized carbons (Fsp3) is 0.250. The predicted octanol–water partition coefficient (Wildman–Crippen LogP) is 1.10. The third kappa shape index (κ3) is 1.22. The molecule has 1 saturated heterocycles. The second kappa shape index (κ2) is 2.84. The quantitative estimate of drug-likeness (QED) is 0.742. The molecule has 1 aromatic rings. The SMILES string of the molecule is CC1(c2ccc(Br)o2)NC(=O)NC1=O. The number of carbonyl (C=O) groups excluding carboxylic acids is 2. The van der Waals surface area contributed by atoms with Gasteiger partial charge in [0.25, 0.3) is 5.91 Å². The van der Waals surface area contributed by atoms with Gasteiger partial charge in [-0.15, -0.1) is 0 Å². The highest BCUT2D eigenvalue weighted by Crippen LogP contribution is 2.27. The molecule has 0 bridgehead atoms. The van der Waals surface area contributed by atoms with E-state index >= 15 is 0 Å². The minimum atomic E-state index is -1.11. The Labute approximate surface area is 88.0 Å². The van der Waals surface area contributed by atoms with Crippen molar-refractivity contribution in [2.75, 3.05) is 0 Å². The lowest BCUT2D eigenvalue weighted by molar-refractivity contribution is -0.124. The van der Waals surface area contributed by atoms with E-state index < -0.39 is 17.5 Å². The molecule has 0 aliphatic carbocycles. The van der Waals surface area contributed by atoms with Gasteiger partial charge >= 0.3 is 6.03 Å². The predicted molar refractivity (Wildman–Crippen MR) is 50.4 cm³/mol. The molecule has 5 nitrogen and oxygen atoms in total. The molecule has 0 radical (unpaired) electrons. The van der Waals surface area contributed by atoms with Crippen LogP contribution in [0.1, 0.15) is 12.7 Å². The summed E-state index contributed by atoms with van der Waals surface area (Å²) in [6, 6.07) is 2.79. The zero-order chi connectivity index (χ0) is 10.3. The number of hydrogen-bond acceptors (Lipinski definition) is 3. The lowest BCUT2D eigenvalue weighted by Gasteiger charge is -2.16. The van der Waals surface area contributed by atoms with Crippen molar-refractivity contribution in [2.24, 2.45) is 0 Å². The van der Waals surface area contributed by atoms with E-state index in [-0.39, 0.29) is 0 Å². The molecule has 1 atom stereocenters. The number of carbonyl (C=O) groups is 2. The summed E-state index contributed by atoms with van der Waals surface area (Å²) in [6.45, 7) is 1.58. The number of halogens is 1. The molecule has 1 aromatic heterocycles. The highest BCUT2D eigenvalue weighted by atomic mass is 79.9. The van der Waals surface area contributed by atoms with Crippen molar-refractivity contribution >= 4 is 27.9 Å². The van der Waals surface area contributed by atoms with Crippen molar-refractivity contribution in [3.63, 3.8) is 0 Å². The second-order valence-corrected chi connectivity index (χ2v) is 3.92. The van der Waals surface area contributed by atoms with Crippen LogP contribution in [-0.2, 0) is 10.3 Å². The molecule has 2 N–H and O–H groups in total. The average Bonchev–Trinajstić information content (AvgIpc) is 2.59. The molecular weight excluding hydrogens is 252 g/mol. The summed E-state index contributed by atoms with van der Waals surface area (Å²) in [7, 11) is 0. The van der Waals surface area contributed by atoms with Crippen molar-refractivity contribution in [3.05, 3.63) is 22.6 Å². The first-order chi connectivity index (χ1) is 6.52. The van der Waals surface area contributed by atoms with Crippen LogP contribution in [-0.4, -0.2) is 11.9 Å². The zero-order valence-electron chi connectivity index (χ0n) is 7.26. The molecule has 1 aliphatic heterocycles. The molecule has 0 saturated carbocycles. The summed E-state index contributed by atoms with van der Waals surface area (Å²) in [5, 5.41) is 4.65. The summed E-state index contributed by atoms with van der Waals surface area (Å²) in [5.74, 6) is -0.0166. The Bertz CT molecular complexity index is 414. The van der Waals surface area contributed by atoms with E-state index in [0.29, 0.717) is 10.4 Å². The zero-order valence-corrected chi connectivity index (χ0v) is 8.84. The summed E-state index contributed by atoms with van der Waals surface area (Å²) in [6.07, 6.45) is 0. The van der Waals surface area contributed by atoms with Crippen molar-refractivity contribution in [1.82, 2.24) is 10.6 Å². The van der Waals surface area contributed by atoms with Gasteiger partial charge in [0.15, 0.2) is 10.2 Å². The van der Waals surface area contributed by atoms with Crippen molar-refractivity contribution in [3.8, 4) is 0 Å². The van der Waals surface area contributed by atoms with E-state index in [1.54, 1.807) is 19.1 Å². The highest BCUT2D eigenvalue weighted by Gasteiger charge is 2.45. The molecular formula is C8H7BrN2O3. The third-order valence-corrected chi connectivity index (χ3v) is 2.54. The maximum Gasteiger partial charge on any atom is 0.322 e. The van der Waals surface area contributed by atoms with Crippen LogP contribution in [0.4, 0.5) is 4.79 Å². The van der Waals surface area contributed by atoms with Crippen LogP contribution in [0.5, 0.6) is 0 Å². The van der Waals surface area contributed by atoms with Crippen LogP contribution in [0.2, 0.25) is 0 Å². The number of nitrogens with one attached hydrogen (secondary N) is 2. The second-order valence-electron chi connectivity index (χ2n) is 3.14. The van der Waals surface area contributed by atoms with Gasteiger partial charge in [-0.25, -0.2) is 4.79 Å². The summed E-state index contributed by atoms with van der Waals surface area (Å²) >= 11 is 3.13. The van der Waals surface area contributed by atoms with Gasteiger partial charge in [-0.3, -0.25) is 10.1 Å². The van der Waals surface area contributed by atoms with Crippen LogP contribution in [0.25, 0.3) is 0 Å². The van der Waals surface area contributed by atoms with E-state index in [1.165, 1.54) is 0 Å². The van der Waals surface area contributed by atoms with Crippen LogP contribution >= 0.6 is 15.9 Å². The number of furan rings is 1. The van der Waals surface area contributed by atoms with Crippen molar-refractivity contribution in [1.29, 1.82) is 0 Å². The Hall–Kier alpha value is -1.30. The number of imide groups is 1. The van der Waals surface area contributed by atoms with Crippen LogP contribution in [0, 0.1) is 0 Å². The Morgan fingerprint density at radius 3 is 2.57 bits per heavy atom. The molecule has 0 spiro atoms. The molecule has 3 amide bonds. The van der Waals surface area contributed by atoms with E-state index in [4.69, 9.17) is 4.42 Å². The minimum absolute atomic E-state index is 0.396. The molecule has 2 heterocycles. The Balaban J connectivity index is 2.42. The standard InChI is InChI=1S/C8H7BrN2O3/c1-8(4-2-3-5(9)14-4)6(12)10-7(13)11-8/h2-3H,1H3,(H2,10,11,12,13). The molecule has 1 aliphatic rings. The van der Waals surface area contributed by atoms with Gasteiger partial charge in [0.2, 0.25) is 0 Å². The third-order valence-electron chi connectivity index (χ3n) is 2.11. The van der Waals surface area contributed by atoms with E-state index in [1.807, 2.05) is 0 Å². The summed E-state index contributed by atoms with van der Waals surface area (Å²) < 4.78 is 5.75. The van der Waals surface area contributed by atoms with Crippen LogP contribution in [0.3, 0.4) is 0 Å². The van der Waals surface area contributed by atoms with E-state index in [0.717, 1.165) is 0 Å². The molecule has 14 heavy (non-hydrogen) atoms. The molecule has 1 unspecified atom stereocenters. The number of urea groups is 1. The van der Waals surface area contributed by atoms with Crippen molar-refractivity contribution < 1.29 is 14.0 Å².